The summed E-state index contributed by atoms with van der Waals surface area (Å²) in [6.45, 7) is 0.106. The Bertz CT molecular complexity index is 674. The van der Waals surface area contributed by atoms with Crippen LogP contribution in [0.4, 0.5) is 13.2 Å². The largest absolute Gasteiger partial charge is 0.497 e. The first-order valence-corrected chi connectivity index (χ1v) is 6.07. The zero-order valence-electron chi connectivity index (χ0n) is 11.1. The van der Waals surface area contributed by atoms with E-state index in [2.05, 4.69) is 5.32 Å². The molecule has 6 heteroatoms. The molecule has 110 valence electrons. The number of rotatable bonds is 4. The molecule has 0 radical (unpaired) electrons. The fourth-order valence-corrected chi connectivity index (χ4v) is 1.76. The van der Waals surface area contributed by atoms with E-state index in [1.165, 1.54) is 7.11 Å². The molecule has 0 saturated heterocycles. The highest BCUT2D eigenvalue weighted by Crippen LogP contribution is 2.16. The van der Waals surface area contributed by atoms with Crippen molar-refractivity contribution in [1.29, 1.82) is 0 Å². The zero-order chi connectivity index (χ0) is 15.4. The summed E-state index contributed by atoms with van der Waals surface area (Å²) in [5, 5.41) is 2.43. The number of hydrogen-bond donors (Lipinski definition) is 1. The maximum Gasteiger partial charge on any atom is 0.254 e. The van der Waals surface area contributed by atoms with Gasteiger partial charge in [-0.1, -0.05) is 12.1 Å². The number of hydrogen-bond acceptors (Lipinski definition) is 2. The molecule has 0 saturated carbocycles. The summed E-state index contributed by atoms with van der Waals surface area (Å²) < 4.78 is 44.4. The van der Waals surface area contributed by atoms with Crippen molar-refractivity contribution in [1.82, 2.24) is 5.32 Å². The molecule has 1 amide bonds. The van der Waals surface area contributed by atoms with Crippen LogP contribution in [-0.2, 0) is 6.54 Å². The van der Waals surface area contributed by atoms with Crippen molar-refractivity contribution in [3.05, 3.63) is 65.0 Å². The van der Waals surface area contributed by atoms with Crippen LogP contribution in [-0.4, -0.2) is 13.0 Å². The van der Waals surface area contributed by atoms with Gasteiger partial charge < -0.3 is 10.1 Å². The average Bonchev–Trinajstić information content (AvgIpc) is 2.50. The van der Waals surface area contributed by atoms with Crippen LogP contribution < -0.4 is 10.1 Å². The highest BCUT2D eigenvalue weighted by Gasteiger charge is 2.18. The van der Waals surface area contributed by atoms with Gasteiger partial charge in [0.2, 0.25) is 0 Å². The summed E-state index contributed by atoms with van der Waals surface area (Å²) in [6.07, 6.45) is 0. The van der Waals surface area contributed by atoms with Crippen LogP contribution in [0.5, 0.6) is 5.75 Å². The Morgan fingerprint density at radius 2 is 1.90 bits per heavy atom. The third-order valence-electron chi connectivity index (χ3n) is 2.87. The van der Waals surface area contributed by atoms with Gasteiger partial charge in [-0.25, -0.2) is 13.2 Å². The molecule has 0 unspecified atom stereocenters. The number of benzene rings is 2. The van der Waals surface area contributed by atoms with E-state index in [0.717, 1.165) is 11.6 Å². The standard InChI is InChI=1S/C15H12F3NO2/c1-21-10-4-2-3-9(7-10)8-19-15(20)11-5-6-12(16)14(18)13(11)17/h2-7H,8H2,1H3,(H,19,20). The molecule has 0 bridgehead atoms. The number of carbonyl (C=O) groups is 1. The lowest BCUT2D eigenvalue weighted by Gasteiger charge is -2.08. The van der Waals surface area contributed by atoms with Gasteiger partial charge in [0.15, 0.2) is 17.5 Å². The lowest BCUT2D eigenvalue weighted by atomic mass is 10.1. The summed E-state index contributed by atoms with van der Waals surface area (Å²) in [7, 11) is 1.51. The van der Waals surface area contributed by atoms with Crippen molar-refractivity contribution in [2.75, 3.05) is 7.11 Å². The van der Waals surface area contributed by atoms with Gasteiger partial charge >= 0.3 is 0 Å². The molecule has 2 aromatic carbocycles. The predicted molar refractivity (Wildman–Crippen MR) is 70.5 cm³/mol. The first-order chi connectivity index (χ1) is 10.0. The number of ether oxygens (including phenoxy) is 1. The summed E-state index contributed by atoms with van der Waals surface area (Å²) in [6, 6.07) is 8.51. The molecule has 0 spiro atoms. The van der Waals surface area contributed by atoms with E-state index in [-0.39, 0.29) is 6.54 Å². The average molecular weight is 295 g/mol. The van der Waals surface area contributed by atoms with E-state index in [4.69, 9.17) is 4.74 Å². The molecule has 0 fully saturated rings. The Labute approximate surface area is 119 Å². The van der Waals surface area contributed by atoms with Crippen LogP contribution in [0.3, 0.4) is 0 Å². The smallest absolute Gasteiger partial charge is 0.254 e. The Kier molecular flexibility index (Phi) is 4.47. The summed E-state index contributed by atoms with van der Waals surface area (Å²) >= 11 is 0. The van der Waals surface area contributed by atoms with Crippen LogP contribution in [0.25, 0.3) is 0 Å². The van der Waals surface area contributed by atoms with E-state index in [9.17, 15) is 18.0 Å². The Hall–Kier alpha value is -2.50. The second-order valence-electron chi connectivity index (χ2n) is 4.26. The SMILES string of the molecule is COc1cccc(CNC(=O)c2ccc(F)c(F)c2F)c1. The monoisotopic (exact) mass is 295 g/mol. The maximum atomic E-state index is 13.5. The van der Waals surface area contributed by atoms with Crippen LogP contribution in [0.2, 0.25) is 0 Å². The van der Waals surface area contributed by atoms with E-state index in [0.29, 0.717) is 11.8 Å². The van der Waals surface area contributed by atoms with Crippen LogP contribution in [0, 0.1) is 17.5 Å². The predicted octanol–water partition coefficient (Wildman–Crippen LogP) is 3.04. The van der Waals surface area contributed by atoms with Gasteiger partial charge in [-0.15, -0.1) is 0 Å². The number of amides is 1. The number of nitrogens with one attached hydrogen (secondary N) is 1. The molecule has 0 heterocycles. The number of methoxy groups -OCH3 is 1. The number of carbonyl (C=O) groups excluding carboxylic acids is 1. The molecule has 0 aliphatic heterocycles. The second-order valence-corrected chi connectivity index (χ2v) is 4.26. The van der Waals surface area contributed by atoms with Crippen molar-refractivity contribution in [3.63, 3.8) is 0 Å². The van der Waals surface area contributed by atoms with E-state index < -0.39 is 28.9 Å². The molecule has 0 atom stereocenters. The van der Waals surface area contributed by atoms with Gasteiger partial charge in [-0.2, -0.15) is 0 Å². The Morgan fingerprint density at radius 1 is 1.14 bits per heavy atom. The summed E-state index contributed by atoms with van der Waals surface area (Å²) in [5.74, 6) is -4.71. The van der Waals surface area contributed by atoms with Crippen molar-refractivity contribution in [2.45, 2.75) is 6.54 Å². The minimum Gasteiger partial charge on any atom is -0.497 e. The normalized spacial score (nSPS) is 10.3. The van der Waals surface area contributed by atoms with Crippen LogP contribution >= 0.6 is 0 Å². The minimum atomic E-state index is -1.66. The topological polar surface area (TPSA) is 38.3 Å². The second kappa shape index (κ2) is 6.30. The maximum absolute atomic E-state index is 13.5. The lowest BCUT2D eigenvalue weighted by molar-refractivity contribution is 0.0945. The molecule has 0 aliphatic carbocycles. The quantitative estimate of drug-likeness (QED) is 0.880. The Balaban J connectivity index is 2.10. The van der Waals surface area contributed by atoms with Gasteiger partial charge in [0.05, 0.1) is 12.7 Å². The molecule has 0 aliphatic rings. The van der Waals surface area contributed by atoms with Crippen molar-refractivity contribution < 1.29 is 22.7 Å². The number of halogens is 3. The lowest BCUT2D eigenvalue weighted by Crippen LogP contribution is -2.24. The van der Waals surface area contributed by atoms with E-state index in [1.54, 1.807) is 24.3 Å². The molecule has 1 N–H and O–H groups in total. The third kappa shape index (κ3) is 3.34. The Morgan fingerprint density at radius 3 is 2.62 bits per heavy atom. The molecule has 21 heavy (non-hydrogen) atoms. The van der Waals surface area contributed by atoms with Gasteiger partial charge in [-0.3, -0.25) is 4.79 Å². The minimum absolute atomic E-state index is 0.106. The van der Waals surface area contributed by atoms with Crippen molar-refractivity contribution in [3.8, 4) is 5.75 Å². The van der Waals surface area contributed by atoms with E-state index in [1.807, 2.05) is 0 Å². The van der Waals surface area contributed by atoms with Crippen LogP contribution in [0.1, 0.15) is 15.9 Å². The van der Waals surface area contributed by atoms with Crippen molar-refractivity contribution in [2.24, 2.45) is 0 Å². The highest BCUT2D eigenvalue weighted by molar-refractivity contribution is 5.94. The first-order valence-electron chi connectivity index (χ1n) is 6.07. The molecule has 0 aromatic heterocycles. The van der Waals surface area contributed by atoms with Gasteiger partial charge in [0.1, 0.15) is 5.75 Å². The molecule has 2 rings (SSSR count). The van der Waals surface area contributed by atoms with Gasteiger partial charge in [-0.05, 0) is 29.8 Å². The first kappa shape index (κ1) is 14.9. The van der Waals surface area contributed by atoms with Crippen molar-refractivity contribution >= 4 is 5.91 Å². The third-order valence-corrected chi connectivity index (χ3v) is 2.87. The van der Waals surface area contributed by atoms with Gasteiger partial charge in [0.25, 0.3) is 5.91 Å². The molecular weight excluding hydrogens is 283 g/mol. The zero-order valence-corrected chi connectivity index (χ0v) is 11.1. The summed E-state index contributed by atoms with van der Waals surface area (Å²) in [5.41, 5.74) is 0.183. The molecule has 2 aromatic rings. The van der Waals surface area contributed by atoms with Gasteiger partial charge in [0, 0.05) is 6.54 Å². The van der Waals surface area contributed by atoms with Crippen LogP contribution in [0.15, 0.2) is 36.4 Å². The highest BCUT2D eigenvalue weighted by atomic mass is 19.2. The summed E-state index contributed by atoms with van der Waals surface area (Å²) in [4.78, 5) is 11.8. The molecule has 3 nitrogen and oxygen atoms in total. The fourth-order valence-electron chi connectivity index (χ4n) is 1.76. The van der Waals surface area contributed by atoms with E-state index >= 15 is 0 Å². The molecular formula is C15H12F3NO2. The fraction of sp³-hybridized carbons (Fsp3) is 0.133.